The quantitative estimate of drug-likeness (QED) is 0.872. The predicted molar refractivity (Wildman–Crippen MR) is 85.8 cm³/mol. The predicted octanol–water partition coefficient (Wildman–Crippen LogP) is 3.75. The fourth-order valence-corrected chi connectivity index (χ4v) is 2.24. The smallest absolute Gasteiger partial charge is 0.124 e. The second-order valence-electron chi connectivity index (χ2n) is 4.50. The molecular weight excluding hydrogens is 295 g/mol. The molecule has 0 aromatic heterocycles. The lowest BCUT2D eigenvalue weighted by molar-refractivity contribution is 0.627. The molecule has 0 aliphatic carbocycles. The number of benzene rings is 2. The zero-order chi connectivity index (χ0) is 14.7. The van der Waals surface area contributed by atoms with Crippen molar-refractivity contribution in [1.82, 2.24) is 0 Å². The summed E-state index contributed by atoms with van der Waals surface area (Å²) < 4.78 is 13.0. The number of halogens is 2. The molecule has 0 saturated heterocycles. The van der Waals surface area contributed by atoms with Gasteiger partial charge in [0.05, 0.1) is 0 Å². The second kappa shape index (κ2) is 6.20. The first-order chi connectivity index (χ1) is 9.47. The van der Waals surface area contributed by atoms with Crippen molar-refractivity contribution in [3.05, 3.63) is 64.4 Å². The summed E-state index contributed by atoms with van der Waals surface area (Å²) >= 11 is 10.9. The number of nitrogens with two attached hydrogens (primary N) is 1. The SMILES string of the molecule is CN(Cc1ccc(F)cc1Cl)c1ccc(C(N)=S)cc1. The molecule has 0 aliphatic heterocycles. The second-order valence-corrected chi connectivity index (χ2v) is 5.35. The lowest BCUT2D eigenvalue weighted by Crippen LogP contribution is -2.17. The Kier molecular flexibility index (Phi) is 4.57. The number of rotatable bonds is 4. The van der Waals surface area contributed by atoms with Crippen LogP contribution >= 0.6 is 23.8 Å². The fraction of sp³-hybridized carbons (Fsp3) is 0.133. The maximum absolute atomic E-state index is 13.0. The van der Waals surface area contributed by atoms with Gasteiger partial charge in [-0.2, -0.15) is 0 Å². The Hall–Kier alpha value is -1.65. The van der Waals surface area contributed by atoms with Crippen LogP contribution in [0.2, 0.25) is 5.02 Å². The third-order valence-electron chi connectivity index (χ3n) is 3.02. The van der Waals surface area contributed by atoms with Gasteiger partial charge in [-0.05, 0) is 42.0 Å². The normalized spacial score (nSPS) is 10.3. The van der Waals surface area contributed by atoms with E-state index in [2.05, 4.69) is 0 Å². The molecule has 2 N–H and O–H groups in total. The number of hydrogen-bond acceptors (Lipinski definition) is 2. The molecular formula is C15H14ClFN2S. The molecule has 0 saturated carbocycles. The molecule has 0 aliphatic rings. The minimum Gasteiger partial charge on any atom is -0.389 e. The number of nitrogens with zero attached hydrogens (tertiary/aromatic N) is 1. The van der Waals surface area contributed by atoms with E-state index >= 15 is 0 Å². The van der Waals surface area contributed by atoms with Crippen molar-refractivity contribution >= 4 is 34.5 Å². The van der Waals surface area contributed by atoms with Crippen LogP contribution < -0.4 is 10.6 Å². The van der Waals surface area contributed by atoms with Crippen molar-refractivity contribution in [3.8, 4) is 0 Å². The molecule has 2 aromatic carbocycles. The van der Waals surface area contributed by atoms with Crippen LogP contribution in [0.4, 0.5) is 10.1 Å². The third kappa shape index (κ3) is 3.46. The highest BCUT2D eigenvalue weighted by Gasteiger charge is 2.07. The molecule has 0 spiro atoms. The van der Waals surface area contributed by atoms with Crippen LogP contribution in [0.15, 0.2) is 42.5 Å². The van der Waals surface area contributed by atoms with Gasteiger partial charge >= 0.3 is 0 Å². The topological polar surface area (TPSA) is 29.3 Å². The highest BCUT2D eigenvalue weighted by molar-refractivity contribution is 7.80. The van der Waals surface area contributed by atoms with Crippen molar-refractivity contribution < 1.29 is 4.39 Å². The van der Waals surface area contributed by atoms with E-state index < -0.39 is 0 Å². The molecule has 0 fully saturated rings. The highest BCUT2D eigenvalue weighted by Crippen LogP contribution is 2.22. The van der Waals surface area contributed by atoms with Crippen molar-refractivity contribution in [2.45, 2.75) is 6.54 Å². The van der Waals surface area contributed by atoms with E-state index in [0.717, 1.165) is 16.8 Å². The van der Waals surface area contributed by atoms with Gasteiger partial charge in [-0.1, -0.05) is 29.9 Å². The molecule has 2 nitrogen and oxygen atoms in total. The monoisotopic (exact) mass is 308 g/mol. The summed E-state index contributed by atoms with van der Waals surface area (Å²) in [5.74, 6) is -0.331. The first-order valence-electron chi connectivity index (χ1n) is 6.02. The molecule has 0 radical (unpaired) electrons. The van der Waals surface area contributed by atoms with Crippen LogP contribution in [-0.2, 0) is 6.54 Å². The fourth-order valence-electron chi connectivity index (χ4n) is 1.88. The Morgan fingerprint density at radius 3 is 2.45 bits per heavy atom. The summed E-state index contributed by atoms with van der Waals surface area (Å²) in [4.78, 5) is 2.39. The summed E-state index contributed by atoms with van der Waals surface area (Å²) in [6, 6.07) is 12.0. The summed E-state index contributed by atoms with van der Waals surface area (Å²) in [6.07, 6.45) is 0. The van der Waals surface area contributed by atoms with E-state index in [0.29, 0.717) is 16.6 Å². The van der Waals surface area contributed by atoms with Gasteiger partial charge in [0.15, 0.2) is 0 Å². The Labute approximate surface area is 128 Å². The first-order valence-corrected chi connectivity index (χ1v) is 6.81. The summed E-state index contributed by atoms with van der Waals surface area (Å²) in [6.45, 7) is 0.589. The van der Waals surface area contributed by atoms with Crippen LogP contribution in [0.5, 0.6) is 0 Å². The van der Waals surface area contributed by atoms with E-state index in [1.807, 2.05) is 36.2 Å². The average molecular weight is 309 g/mol. The number of hydrogen-bond donors (Lipinski definition) is 1. The summed E-state index contributed by atoms with van der Waals surface area (Å²) in [5, 5.41) is 0.427. The molecule has 0 heterocycles. The standard InChI is InChI=1S/C15H14ClFN2S/c1-19(9-11-2-5-12(17)8-14(11)16)13-6-3-10(4-7-13)15(18)20/h2-8H,9H2,1H3,(H2,18,20). The van der Waals surface area contributed by atoms with E-state index in [9.17, 15) is 4.39 Å². The number of thiocarbonyl (C=S) groups is 1. The molecule has 0 unspecified atom stereocenters. The van der Waals surface area contributed by atoms with E-state index in [-0.39, 0.29) is 5.82 Å². The zero-order valence-electron chi connectivity index (χ0n) is 10.9. The molecule has 2 aromatic rings. The van der Waals surface area contributed by atoms with Gasteiger partial charge in [0.2, 0.25) is 0 Å². The van der Waals surface area contributed by atoms with Gasteiger partial charge in [-0.25, -0.2) is 4.39 Å². The Bertz CT molecular complexity index is 628. The van der Waals surface area contributed by atoms with Crippen molar-refractivity contribution in [2.24, 2.45) is 5.73 Å². The zero-order valence-corrected chi connectivity index (χ0v) is 12.5. The van der Waals surface area contributed by atoms with Gasteiger partial charge in [0.1, 0.15) is 10.8 Å². The molecule has 104 valence electrons. The molecule has 0 amide bonds. The number of anilines is 1. The highest BCUT2D eigenvalue weighted by atomic mass is 35.5. The van der Waals surface area contributed by atoms with Gasteiger partial charge in [-0.3, -0.25) is 0 Å². The molecule has 5 heteroatoms. The Morgan fingerprint density at radius 2 is 1.90 bits per heavy atom. The Morgan fingerprint density at radius 1 is 1.25 bits per heavy atom. The molecule has 2 rings (SSSR count). The first kappa shape index (κ1) is 14.8. The molecule has 0 atom stereocenters. The minimum absolute atomic E-state index is 0.331. The lowest BCUT2D eigenvalue weighted by atomic mass is 10.1. The van der Waals surface area contributed by atoms with Crippen LogP contribution in [0, 0.1) is 5.82 Å². The van der Waals surface area contributed by atoms with Gasteiger partial charge in [0, 0.05) is 29.9 Å². The van der Waals surface area contributed by atoms with E-state index in [1.54, 1.807) is 6.07 Å². The van der Waals surface area contributed by atoms with Crippen LogP contribution in [0.3, 0.4) is 0 Å². The minimum atomic E-state index is -0.331. The van der Waals surface area contributed by atoms with Crippen LogP contribution in [0.25, 0.3) is 0 Å². The lowest BCUT2D eigenvalue weighted by Gasteiger charge is -2.20. The third-order valence-corrected chi connectivity index (χ3v) is 3.60. The largest absolute Gasteiger partial charge is 0.389 e. The van der Waals surface area contributed by atoms with Gasteiger partial charge in [0.25, 0.3) is 0 Å². The van der Waals surface area contributed by atoms with Crippen LogP contribution in [-0.4, -0.2) is 12.0 Å². The summed E-state index contributed by atoms with van der Waals surface area (Å²) in [5.41, 5.74) is 8.27. The molecule has 0 bridgehead atoms. The van der Waals surface area contributed by atoms with Crippen LogP contribution in [0.1, 0.15) is 11.1 Å². The van der Waals surface area contributed by atoms with Gasteiger partial charge < -0.3 is 10.6 Å². The van der Waals surface area contributed by atoms with E-state index in [4.69, 9.17) is 29.6 Å². The van der Waals surface area contributed by atoms with Gasteiger partial charge in [-0.15, -0.1) is 0 Å². The molecule has 20 heavy (non-hydrogen) atoms. The van der Waals surface area contributed by atoms with Crippen molar-refractivity contribution in [2.75, 3.05) is 11.9 Å². The van der Waals surface area contributed by atoms with E-state index in [1.165, 1.54) is 12.1 Å². The Balaban J connectivity index is 2.15. The van der Waals surface area contributed by atoms with Crippen molar-refractivity contribution in [3.63, 3.8) is 0 Å². The van der Waals surface area contributed by atoms with Crippen molar-refractivity contribution in [1.29, 1.82) is 0 Å². The maximum atomic E-state index is 13.0. The average Bonchev–Trinajstić information content (AvgIpc) is 2.42. The summed E-state index contributed by atoms with van der Waals surface area (Å²) in [7, 11) is 1.94. The maximum Gasteiger partial charge on any atom is 0.124 e.